The Morgan fingerprint density at radius 1 is 0.425 bits per heavy atom. The molecule has 0 spiro atoms. The Morgan fingerprint density at radius 2 is 0.650 bits per heavy atom. The first-order valence-corrected chi connectivity index (χ1v) is 18.1. The molecule has 0 radical (unpaired) electrons. The van der Waals surface area contributed by atoms with Crippen molar-refractivity contribution in [3.8, 4) is 0 Å². The van der Waals surface area contributed by atoms with Crippen molar-refractivity contribution in [1.82, 2.24) is 9.80 Å². The van der Waals surface area contributed by atoms with Crippen LogP contribution in [-0.4, -0.2) is 59.8 Å². The number of unbranched alkanes of at least 4 members (excludes halogenated alkanes) is 18. The Labute approximate surface area is 261 Å². The third kappa shape index (κ3) is 15.5. The first kappa shape index (κ1) is 38.0. The third-order valence-electron chi connectivity index (χ3n) is 9.12. The summed E-state index contributed by atoms with van der Waals surface area (Å²) in [5.41, 5.74) is 0. The zero-order valence-corrected chi connectivity index (χ0v) is 29.2. The van der Waals surface area contributed by atoms with E-state index in [0.29, 0.717) is 0 Å². The summed E-state index contributed by atoms with van der Waals surface area (Å²) in [5.74, 6) is 0. The van der Waals surface area contributed by atoms with Gasteiger partial charge in [-0.3, -0.25) is 0 Å². The van der Waals surface area contributed by atoms with Crippen LogP contribution in [0.2, 0.25) is 0 Å². The Morgan fingerprint density at radius 3 is 0.875 bits per heavy atom. The van der Waals surface area contributed by atoms with Gasteiger partial charge >= 0.3 is 0 Å². The highest BCUT2D eigenvalue weighted by atomic mass is 35.5. The molecule has 0 aromatic carbocycles. The predicted molar refractivity (Wildman–Crippen MR) is 183 cm³/mol. The van der Waals surface area contributed by atoms with E-state index < -0.39 is 9.75 Å². The Balaban J connectivity index is 2.47. The van der Waals surface area contributed by atoms with Gasteiger partial charge in [0.25, 0.3) is 0 Å². The lowest BCUT2D eigenvalue weighted by molar-refractivity contribution is 0.239. The van der Waals surface area contributed by atoms with E-state index in [9.17, 15) is 0 Å². The largest absolute Gasteiger partial charge is 0.304 e. The maximum absolute atomic E-state index is 7.30. The van der Waals surface area contributed by atoms with E-state index in [-0.39, 0.29) is 12.1 Å². The smallest absolute Gasteiger partial charge is 0.0962 e. The summed E-state index contributed by atoms with van der Waals surface area (Å²) in [7, 11) is 8.68. The molecule has 0 aliphatic heterocycles. The molecule has 2 unspecified atom stereocenters. The fourth-order valence-corrected chi connectivity index (χ4v) is 7.33. The van der Waals surface area contributed by atoms with E-state index in [0.717, 1.165) is 12.8 Å². The molecule has 0 N–H and O–H groups in total. The number of nitrogens with zero attached hydrogens (tertiary/aromatic N) is 2. The van der Waals surface area contributed by atoms with Gasteiger partial charge in [-0.2, -0.15) is 0 Å². The van der Waals surface area contributed by atoms with Gasteiger partial charge in [-0.05, 0) is 41.0 Å². The number of hydrogen-bond donors (Lipinski definition) is 0. The minimum absolute atomic E-state index is 0.275. The predicted octanol–water partition coefficient (Wildman–Crippen LogP) is 11.5. The maximum Gasteiger partial charge on any atom is 0.0962 e. The SMILES string of the molecule is CCCCCCCCCCCCC(N(C)C)C1(Cl)C=CC(Cl)(C(CCCCCCCCCCCC)N(C)C)C=C1. The van der Waals surface area contributed by atoms with Crippen molar-refractivity contribution in [2.45, 2.75) is 177 Å². The van der Waals surface area contributed by atoms with E-state index >= 15 is 0 Å². The Kier molecular flexibility index (Phi) is 21.4. The van der Waals surface area contributed by atoms with Crippen LogP contribution in [0.15, 0.2) is 24.3 Å². The highest BCUT2D eigenvalue weighted by molar-refractivity contribution is 6.30. The standard InChI is InChI=1S/C36H68Cl2N2/c1-7-9-11-13-15-17-19-21-23-25-27-33(39(3)4)35(37)29-31-36(38,32-30-35)34(40(5)6)28-26-24-22-20-18-16-14-12-10-8-2/h29-34H,7-28H2,1-6H3. The van der Waals surface area contributed by atoms with Crippen LogP contribution in [0, 0.1) is 0 Å². The fourth-order valence-electron chi connectivity index (χ4n) is 6.47. The van der Waals surface area contributed by atoms with Gasteiger partial charge in [-0.25, -0.2) is 0 Å². The van der Waals surface area contributed by atoms with Crippen LogP contribution >= 0.6 is 23.2 Å². The molecule has 1 rings (SSSR count). The second kappa shape index (κ2) is 22.5. The van der Waals surface area contributed by atoms with Crippen molar-refractivity contribution < 1.29 is 0 Å². The van der Waals surface area contributed by atoms with Crippen LogP contribution in [0.3, 0.4) is 0 Å². The van der Waals surface area contributed by atoms with E-state index in [1.807, 2.05) is 0 Å². The Hall–Kier alpha value is -0.0200. The van der Waals surface area contributed by atoms with Gasteiger partial charge in [-0.1, -0.05) is 167 Å². The van der Waals surface area contributed by atoms with Gasteiger partial charge in [-0.15, -0.1) is 23.2 Å². The van der Waals surface area contributed by atoms with Gasteiger partial charge in [0.05, 0.1) is 9.75 Å². The highest BCUT2D eigenvalue weighted by Gasteiger charge is 2.41. The molecule has 2 nitrogen and oxygen atoms in total. The minimum Gasteiger partial charge on any atom is -0.304 e. The van der Waals surface area contributed by atoms with Crippen molar-refractivity contribution in [2.75, 3.05) is 28.2 Å². The van der Waals surface area contributed by atoms with Crippen molar-refractivity contribution in [1.29, 1.82) is 0 Å². The summed E-state index contributed by atoms with van der Waals surface area (Å²) in [6.45, 7) is 4.58. The van der Waals surface area contributed by atoms with Crippen molar-refractivity contribution in [2.24, 2.45) is 0 Å². The van der Waals surface area contributed by atoms with Gasteiger partial charge < -0.3 is 9.80 Å². The van der Waals surface area contributed by atoms with E-state index in [2.05, 4.69) is 76.1 Å². The van der Waals surface area contributed by atoms with Crippen molar-refractivity contribution in [3.63, 3.8) is 0 Å². The summed E-state index contributed by atoms with van der Waals surface area (Å²) < 4.78 is 0. The molecule has 0 amide bonds. The summed E-state index contributed by atoms with van der Waals surface area (Å²) in [6.07, 6.45) is 38.3. The summed E-state index contributed by atoms with van der Waals surface area (Å²) >= 11 is 14.6. The molecule has 1 aliphatic rings. The second-order valence-corrected chi connectivity index (χ2v) is 14.5. The fraction of sp³-hybridized carbons (Fsp3) is 0.889. The molecule has 0 saturated heterocycles. The zero-order chi connectivity index (χ0) is 29.7. The van der Waals surface area contributed by atoms with E-state index in [4.69, 9.17) is 23.2 Å². The van der Waals surface area contributed by atoms with Crippen LogP contribution in [0.4, 0.5) is 0 Å². The van der Waals surface area contributed by atoms with Crippen molar-refractivity contribution in [3.05, 3.63) is 24.3 Å². The van der Waals surface area contributed by atoms with Gasteiger partial charge in [0.15, 0.2) is 0 Å². The molecule has 0 saturated carbocycles. The molecule has 0 aromatic rings. The number of halogens is 2. The summed E-state index contributed by atoms with van der Waals surface area (Å²) in [5, 5.41) is 0. The molecule has 4 heteroatoms. The molecule has 236 valence electrons. The van der Waals surface area contributed by atoms with Crippen LogP contribution in [0.1, 0.15) is 155 Å². The molecular formula is C36H68Cl2N2. The van der Waals surface area contributed by atoms with E-state index in [1.54, 1.807) is 0 Å². The van der Waals surface area contributed by atoms with Crippen LogP contribution in [-0.2, 0) is 0 Å². The lowest BCUT2D eigenvalue weighted by atomic mass is 9.82. The lowest BCUT2D eigenvalue weighted by Crippen LogP contribution is -2.49. The van der Waals surface area contributed by atoms with E-state index in [1.165, 1.54) is 128 Å². The van der Waals surface area contributed by atoms with Crippen LogP contribution < -0.4 is 0 Å². The summed E-state index contributed by atoms with van der Waals surface area (Å²) in [6, 6.07) is 0.549. The number of alkyl halides is 2. The molecule has 2 atom stereocenters. The third-order valence-corrected chi connectivity index (χ3v) is 10.1. The highest BCUT2D eigenvalue weighted by Crippen LogP contribution is 2.40. The van der Waals surface area contributed by atoms with Crippen molar-refractivity contribution >= 4 is 23.2 Å². The average molecular weight is 600 g/mol. The number of hydrogen-bond acceptors (Lipinski definition) is 2. The first-order chi connectivity index (χ1) is 19.2. The zero-order valence-electron chi connectivity index (χ0n) is 27.7. The monoisotopic (exact) mass is 598 g/mol. The normalized spacial score (nSPS) is 22.4. The molecule has 0 bridgehead atoms. The average Bonchev–Trinajstić information content (AvgIpc) is 2.92. The topological polar surface area (TPSA) is 6.48 Å². The maximum atomic E-state index is 7.30. The van der Waals surface area contributed by atoms with Crippen LogP contribution in [0.25, 0.3) is 0 Å². The second-order valence-electron chi connectivity index (χ2n) is 13.2. The molecule has 40 heavy (non-hydrogen) atoms. The minimum atomic E-state index is -0.491. The van der Waals surface area contributed by atoms with Gasteiger partial charge in [0, 0.05) is 12.1 Å². The molecular weight excluding hydrogens is 531 g/mol. The lowest BCUT2D eigenvalue weighted by Gasteiger charge is -2.42. The molecule has 1 aliphatic carbocycles. The first-order valence-electron chi connectivity index (χ1n) is 17.3. The molecule has 0 heterocycles. The number of rotatable bonds is 26. The van der Waals surface area contributed by atoms with Gasteiger partial charge in [0.2, 0.25) is 0 Å². The van der Waals surface area contributed by atoms with Crippen LogP contribution in [0.5, 0.6) is 0 Å². The Bertz CT molecular complexity index is 589. The summed E-state index contributed by atoms with van der Waals surface area (Å²) in [4.78, 5) is 3.64. The van der Waals surface area contributed by atoms with Gasteiger partial charge in [0.1, 0.15) is 0 Å². The quantitative estimate of drug-likeness (QED) is 0.0554. The molecule has 0 fully saturated rings. The molecule has 0 aromatic heterocycles.